The maximum atomic E-state index is 13.7. The van der Waals surface area contributed by atoms with E-state index in [2.05, 4.69) is 41.5 Å². The van der Waals surface area contributed by atoms with E-state index < -0.39 is 0 Å². The molecule has 0 amide bonds. The van der Waals surface area contributed by atoms with Crippen molar-refractivity contribution in [1.29, 1.82) is 0 Å². The molecule has 0 aliphatic rings. The lowest BCUT2D eigenvalue weighted by Crippen LogP contribution is -2.12. The van der Waals surface area contributed by atoms with Crippen LogP contribution in [0.5, 0.6) is 0 Å². The zero-order chi connectivity index (χ0) is 41.2. The van der Waals surface area contributed by atoms with Crippen LogP contribution in [0.25, 0.3) is 59.1 Å². The van der Waals surface area contributed by atoms with Crippen molar-refractivity contribution in [2.45, 2.75) is 52.4 Å². The van der Waals surface area contributed by atoms with E-state index in [1.54, 1.807) is 34.8 Å². The molecule has 13 aromatic rings. The lowest BCUT2D eigenvalue weighted by Gasteiger charge is -2.18. The third-order valence-electron chi connectivity index (χ3n) is 9.15. The molecule has 0 unspecified atom stereocenters. The highest BCUT2D eigenvalue weighted by Gasteiger charge is 2.16. The van der Waals surface area contributed by atoms with Gasteiger partial charge in [0.25, 0.3) is 0 Å². The first-order valence-electron chi connectivity index (χ1n) is 18.5. The molecule has 0 saturated heterocycles. The van der Waals surface area contributed by atoms with Gasteiger partial charge in [0.05, 0.1) is 0 Å². The molecule has 10 heteroatoms. The predicted molar refractivity (Wildman–Crippen MR) is 261 cm³/mol. The van der Waals surface area contributed by atoms with E-state index in [0.717, 1.165) is 94.1 Å². The van der Waals surface area contributed by atoms with E-state index in [4.69, 9.17) is 0 Å². The van der Waals surface area contributed by atoms with Gasteiger partial charge in [0.1, 0.15) is 0 Å². The molecule has 4 nitrogen and oxygen atoms in total. The Morgan fingerprint density at radius 3 is 0.621 bits per heavy atom. The summed E-state index contributed by atoms with van der Waals surface area (Å²) in [6.07, 6.45) is 0. The fraction of sp³-hybridized carbons (Fsp3) is 0.167. The molecule has 0 aliphatic heterocycles. The highest BCUT2D eigenvalue weighted by Crippen LogP contribution is 2.27. The lowest BCUT2D eigenvalue weighted by molar-refractivity contribution is 0.591. The van der Waals surface area contributed by atoms with Crippen molar-refractivity contribution in [1.82, 2.24) is 0 Å². The van der Waals surface area contributed by atoms with Crippen LogP contribution in [-0.2, 0) is 10.8 Å². The summed E-state index contributed by atoms with van der Waals surface area (Å²) >= 11 is 7.77. The van der Waals surface area contributed by atoms with Crippen LogP contribution in [0, 0.1) is 0 Å². The normalized spacial score (nSPS) is 11.6. The molecule has 0 fully saturated rings. The molecule has 6 aromatic carbocycles. The Bertz CT molecular complexity index is 2810. The molecule has 13 rings (SSSR count). The van der Waals surface area contributed by atoms with Crippen LogP contribution in [-0.4, -0.2) is 0 Å². The van der Waals surface area contributed by atoms with E-state index in [1.165, 1.54) is 0 Å². The monoisotopic (exact) mass is 872 g/mol. The minimum Gasteiger partial charge on any atom is -0.277 e. The molecule has 0 radical (unpaired) electrons. The Morgan fingerprint density at radius 2 is 0.448 bits per heavy atom. The van der Waals surface area contributed by atoms with E-state index in [-0.39, 0.29) is 29.8 Å². The summed E-state index contributed by atoms with van der Waals surface area (Å²) in [5.41, 5.74) is 1.30. The second-order valence-electron chi connectivity index (χ2n) is 15.7. The van der Waals surface area contributed by atoms with Gasteiger partial charge in [-0.15, -0.1) is 22.7 Å². The molecule has 0 aliphatic carbocycles. The Kier molecular flexibility index (Phi) is 12.4. The van der Waals surface area contributed by atoms with Crippen LogP contribution >= 0.6 is 68.0 Å². The van der Waals surface area contributed by atoms with Crippen LogP contribution in [0.15, 0.2) is 153 Å². The van der Waals surface area contributed by atoms with Crippen LogP contribution in [0.3, 0.4) is 0 Å². The summed E-state index contributed by atoms with van der Waals surface area (Å²) in [7, 11) is 0. The summed E-state index contributed by atoms with van der Waals surface area (Å²) in [5.74, 6) is 0. The molecule has 58 heavy (non-hydrogen) atoms. The largest absolute Gasteiger partial charge is 0.277 e. The Labute approximate surface area is 359 Å². The molecular weight excluding hydrogens is 833 g/mol. The number of hydrogen-bond acceptors (Lipinski definition) is 10. The van der Waals surface area contributed by atoms with Crippen molar-refractivity contribution >= 4 is 127 Å². The second-order valence-corrected chi connectivity index (χ2v) is 22.2. The van der Waals surface area contributed by atoms with Gasteiger partial charge in [-0.05, 0) is 155 Å². The van der Waals surface area contributed by atoms with Gasteiger partial charge in [0.2, 0.25) is 19.0 Å². The minimum atomic E-state index is -0.269. The first kappa shape index (κ1) is 41.5. The summed E-state index contributed by atoms with van der Waals surface area (Å²) in [4.78, 5) is 54.8. The van der Waals surface area contributed by atoms with Crippen molar-refractivity contribution < 1.29 is 0 Å². The Morgan fingerprint density at radius 1 is 0.276 bits per heavy atom. The highest BCUT2D eigenvalue weighted by molar-refractivity contribution is 7.23. The predicted octanol–water partition coefficient (Wildman–Crippen LogP) is 14.1. The third-order valence-corrected chi connectivity index (χ3v) is 14.9. The molecule has 0 atom stereocenters. The van der Waals surface area contributed by atoms with Gasteiger partial charge in [-0.3, -0.25) is 19.2 Å². The summed E-state index contributed by atoms with van der Waals surface area (Å²) in [5, 5.41) is 1.96. The van der Waals surface area contributed by atoms with Crippen molar-refractivity contribution in [3.05, 3.63) is 183 Å². The standard InChI is InChI=1S/C48H40O4S6/c1-47(2,3)33-25-29-23-30(26-33)44(50)56-40-17-9-36(10-18-40)54-38-13-21-42(22-14-38)58-46(52)32-24-31(27-34(28-32)48(4,5)6)45(51)57-41-19-11-37(12-20-41)53-35-7-15-39(16-8-35)55-43(29)49/h7-28H,1-6H3. The van der Waals surface area contributed by atoms with Gasteiger partial charge in [0, 0.05) is 59.1 Å². The van der Waals surface area contributed by atoms with Crippen molar-refractivity contribution in [2.24, 2.45) is 0 Å². The van der Waals surface area contributed by atoms with Crippen LogP contribution in [0.4, 0.5) is 0 Å². The smallest absolute Gasteiger partial charge is 0.240 e. The number of rotatable bonds is 0. The highest BCUT2D eigenvalue weighted by atomic mass is 32.1. The van der Waals surface area contributed by atoms with Crippen LogP contribution < -0.4 is 19.0 Å². The first-order chi connectivity index (χ1) is 27.6. The zero-order valence-corrected chi connectivity index (χ0v) is 37.7. The van der Waals surface area contributed by atoms with Crippen molar-refractivity contribution in [2.75, 3.05) is 0 Å². The van der Waals surface area contributed by atoms with E-state index in [0.29, 0.717) is 21.5 Å². The number of hydrogen-bond donors (Lipinski definition) is 0. The van der Waals surface area contributed by atoms with Gasteiger partial charge in [-0.25, -0.2) is 0 Å². The molecular formula is C48H40O4S6. The second kappa shape index (κ2) is 17.3. The summed E-state index contributed by atoms with van der Waals surface area (Å²) < 4.78 is 6.77. The van der Waals surface area contributed by atoms with Crippen molar-refractivity contribution in [3.63, 3.8) is 0 Å². The fourth-order valence-electron chi connectivity index (χ4n) is 5.83. The van der Waals surface area contributed by atoms with Gasteiger partial charge in [-0.2, -0.15) is 0 Å². The fourth-order valence-corrected chi connectivity index (χ4v) is 10.4. The molecule has 0 N–H and O–H groups in total. The van der Waals surface area contributed by atoms with Crippen molar-refractivity contribution in [3.8, 4) is 0 Å². The SMILES string of the molecule is CC(C)(C)c1cc2cc(c1)c(=O)sc1ccc(cc1)sc1ccc(cc1)sc(=O)c1cc(C(C)(C)C)cc(c1)c(=O)sc1ccc(cc1)sc1ccc(cc1)sc2=O. The molecule has 7 aromatic heterocycles. The van der Waals surface area contributed by atoms with Crippen LogP contribution in [0.1, 0.15) is 52.7 Å². The van der Waals surface area contributed by atoms with E-state index >= 15 is 0 Å². The van der Waals surface area contributed by atoms with E-state index in [9.17, 15) is 19.2 Å². The Balaban J connectivity index is 1.47. The summed E-state index contributed by atoms with van der Waals surface area (Å²) in [6.45, 7) is 12.5. The van der Waals surface area contributed by atoms with Gasteiger partial charge in [-0.1, -0.05) is 86.9 Å². The van der Waals surface area contributed by atoms with Crippen LogP contribution in [0.2, 0.25) is 0 Å². The average Bonchev–Trinajstić information content (AvgIpc) is 3.19. The van der Waals surface area contributed by atoms with Gasteiger partial charge < -0.3 is 0 Å². The third kappa shape index (κ3) is 10.5. The molecule has 12 bridgehead atoms. The Hall–Kier alpha value is -4.68. The quantitative estimate of drug-likeness (QED) is 0.152. The topological polar surface area (TPSA) is 68.3 Å². The van der Waals surface area contributed by atoms with Gasteiger partial charge in [0.15, 0.2) is 0 Å². The van der Waals surface area contributed by atoms with Gasteiger partial charge >= 0.3 is 0 Å². The molecule has 0 spiro atoms. The lowest BCUT2D eigenvalue weighted by atomic mass is 9.86. The summed E-state index contributed by atoms with van der Waals surface area (Å²) in [6, 6.07) is 42.4. The molecule has 7 heterocycles. The average molecular weight is 873 g/mol. The first-order valence-corrected chi connectivity index (χ1v) is 23.4. The minimum absolute atomic E-state index is 0.125. The zero-order valence-electron chi connectivity index (χ0n) is 32.8. The maximum absolute atomic E-state index is 13.7. The maximum Gasteiger partial charge on any atom is 0.240 e. The molecule has 292 valence electrons. The number of benzene rings is 6. The molecule has 0 saturated carbocycles. The van der Waals surface area contributed by atoms with E-state index in [1.807, 2.05) is 121 Å².